The first-order chi connectivity index (χ1) is 10.3. The Morgan fingerprint density at radius 1 is 0.773 bits per heavy atom. The summed E-state index contributed by atoms with van der Waals surface area (Å²) in [6.07, 6.45) is 0.0715. The van der Waals surface area contributed by atoms with Crippen molar-refractivity contribution in [2.45, 2.75) is 66.8 Å². The summed E-state index contributed by atoms with van der Waals surface area (Å²) >= 11 is 0. The summed E-state index contributed by atoms with van der Waals surface area (Å²) in [5.74, 6) is 0.841. The molecule has 0 N–H and O–H groups in total. The molecule has 0 saturated carbocycles. The zero-order valence-corrected chi connectivity index (χ0v) is 15.9. The lowest BCUT2D eigenvalue weighted by Crippen LogP contribution is -2.60. The second kappa shape index (κ2) is 8.67. The molecule has 0 aliphatic carbocycles. The molecule has 0 fully saturated rings. The van der Waals surface area contributed by atoms with Gasteiger partial charge in [-0.2, -0.15) is 0 Å². The Labute approximate surface area is 136 Å². The Bertz CT molecular complexity index is 402. The summed E-state index contributed by atoms with van der Waals surface area (Å²) in [6, 6.07) is 7.87. The summed E-state index contributed by atoms with van der Waals surface area (Å²) in [6.45, 7) is 14.6. The van der Waals surface area contributed by atoms with Crippen LogP contribution in [0.15, 0.2) is 24.3 Å². The van der Waals surface area contributed by atoms with Crippen molar-refractivity contribution >= 4 is 14.0 Å². The Morgan fingerprint density at radius 2 is 1.18 bits per heavy atom. The first-order valence-electron chi connectivity index (χ1n) is 8.05. The van der Waals surface area contributed by atoms with E-state index in [0.717, 1.165) is 10.9 Å². The first-order valence-corrected chi connectivity index (χ1v) is 9.78. The van der Waals surface area contributed by atoms with Gasteiger partial charge < -0.3 is 18.0 Å². The molecule has 0 aliphatic rings. The van der Waals surface area contributed by atoms with Crippen LogP contribution >= 0.6 is 0 Å². The van der Waals surface area contributed by atoms with Gasteiger partial charge in [-0.25, -0.2) is 0 Å². The number of hydrogen-bond acceptors (Lipinski definition) is 4. The van der Waals surface area contributed by atoms with Crippen molar-refractivity contribution < 1.29 is 18.0 Å². The van der Waals surface area contributed by atoms with Crippen molar-refractivity contribution in [3.8, 4) is 5.75 Å². The molecule has 0 spiro atoms. The van der Waals surface area contributed by atoms with Crippen molar-refractivity contribution in [2.75, 3.05) is 6.61 Å². The van der Waals surface area contributed by atoms with E-state index in [1.54, 1.807) is 0 Å². The summed E-state index contributed by atoms with van der Waals surface area (Å²) in [5, 5.41) is 0.965. The maximum atomic E-state index is 6.20. The maximum absolute atomic E-state index is 6.20. The van der Waals surface area contributed by atoms with Crippen LogP contribution in [0.4, 0.5) is 0 Å². The van der Waals surface area contributed by atoms with Crippen LogP contribution in [0, 0.1) is 0 Å². The zero-order valence-electron chi connectivity index (χ0n) is 14.9. The second-order valence-electron chi connectivity index (χ2n) is 6.01. The van der Waals surface area contributed by atoms with Crippen LogP contribution < -0.4 is 9.92 Å². The molecular weight excluding hydrogens is 296 g/mol. The molecule has 126 valence electrons. The standard InChI is InChI=1S/C17H30O4Si/c1-8-18-16-9-11-17(12-10-16)22(19-13(2)3,20-14(4)5)21-15(6)7/h9-15H,8H2,1-7H3. The van der Waals surface area contributed by atoms with E-state index >= 15 is 0 Å². The Hall–Kier alpha value is -0.883. The highest BCUT2D eigenvalue weighted by molar-refractivity contribution is 6.75. The van der Waals surface area contributed by atoms with E-state index in [4.69, 9.17) is 18.0 Å². The third-order valence-corrected chi connectivity index (χ3v) is 6.08. The predicted octanol–water partition coefficient (Wildman–Crippen LogP) is 3.51. The number of benzene rings is 1. The number of ether oxygens (including phenoxy) is 1. The van der Waals surface area contributed by atoms with E-state index < -0.39 is 8.80 Å². The second-order valence-corrected chi connectivity index (χ2v) is 8.41. The lowest BCUT2D eigenvalue weighted by Gasteiger charge is -2.34. The third-order valence-electron chi connectivity index (χ3n) is 2.69. The van der Waals surface area contributed by atoms with Gasteiger partial charge >= 0.3 is 8.80 Å². The van der Waals surface area contributed by atoms with Crippen molar-refractivity contribution in [2.24, 2.45) is 0 Å². The van der Waals surface area contributed by atoms with Gasteiger partial charge in [0.25, 0.3) is 0 Å². The highest BCUT2D eigenvalue weighted by atomic mass is 28.4. The van der Waals surface area contributed by atoms with E-state index in [1.807, 2.05) is 72.7 Å². The molecule has 0 amide bonds. The average molecular weight is 327 g/mol. The van der Waals surface area contributed by atoms with Crippen molar-refractivity contribution in [3.05, 3.63) is 24.3 Å². The van der Waals surface area contributed by atoms with Crippen molar-refractivity contribution in [1.29, 1.82) is 0 Å². The molecule has 5 heteroatoms. The minimum Gasteiger partial charge on any atom is -0.494 e. The molecule has 0 aliphatic heterocycles. The molecule has 0 saturated heterocycles. The van der Waals surface area contributed by atoms with E-state index in [2.05, 4.69) is 0 Å². The molecule has 1 aromatic carbocycles. The fourth-order valence-electron chi connectivity index (χ4n) is 2.14. The van der Waals surface area contributed by atoms with Crippen LogP contribution in [-0.4, -0.2) is 33.7 Å². The van der Waals surface area contributed by atoms with Crippen LogP contribution in [0.3, 0.4) is 0 Å². The van der Waals surface area contributed by atoms with Gasteiger partial charge in [-0.1, -0.05) is 12.1 Å². The molecule has 1 rings (SSSR count). The largest absolute Gasteiger partial charge is 0.537 e. The summed E-state index contributed by atoms with van der Waals surface area (Å²) in [5.41, 5.74) is 0. The minimum atomic E-state index is -2.96. The SMILES string of the molecule is CCOc1ccc([Si](OC(C)C)(OC(C)C)OC(C)C)cc1. The molecule has 0 radical (unpaired) electrons. The molecule has 0 atom stereocenters. The minimum absolute atomic E-state index is 0.0238. The van der Waals surface area contributed by atoms with E-state index in [9.17, 15) is 0 Å². The molecule has 22 heavy (non-hydrogen) atoms. The van der Waals surface area contributed by atoms with E-state index in [0.29, 0.717) is 6.61 Å². The summed E-state index contributed by atoms with van der Waals surface area (Å²) in [7, 11) is -2.96. The predicted molar refractivity (Wildman–Crippen MR) is 91.7 cm³/mol. The molecule has 0 aromatic heterocycles. The van der Waals surface area contributed by atoms with Gasteiger partial charge in [-0.15, -0.1) is 0 Å². The number of rotatable bonds is 9. The average Bonchev–Trinajstić information content (AvgIpc) is 2.37. The summed E-state index contributed by atoms with van der Waals surface area (Å²) in [4.78, 5) is 0. The maximum Gasteiger partial charge on any atom is 0.537 e. The Kier molecular flexibility index (Phi) is 7.55. The quantitative estimate of drug-likeness (QED) is 0.651. The summed E-state index contributed by atoms with van der Waals surface area (Å²) < 4.78 is 24.1. The Morgan fingerprint density at radius 3 is 1.50 bits per heavy atom. The lowest BCUT2D eigenvalue weighted by atomic mass is 10.3. The monoisotopic (exact) mass is 326 g/mol. The smallest absolute Gasteiger partial charge is 0.494 e. The van der Waals surface area contributed by atoms with Crippen molar-refractivity contribution in [1.82, 2.24) is 0 Å². The van der Waals surface area contributed by atoms with Crippen LogP contribution in [0.1, 0.15) is 48.5 Å². The van der Waals surface area contributed by atoms with Crippen LogP contribution in [0.5, 0.6) is 5.75 Å². The van der Waals surface area contributed by atoms with Gasteiger partial charge in [0.1, 0.15) is 5.75 Å². The van der Waals surface area contributed by atoms with E-state index in [1.165, 1.54) is 0 Å². The topological polar surface area (TPSA) is 36.9 Å². The van der Waals surface area contributed by atoms with Crippen LogP contribution in [0.2, 0.25) is 0 Å². The Balaban J connectivity index is 3.19. The fraction of sp³-hybridized carbons (Fsp3) is 0.647. The van der Waals surface area contributed by atoms with Crippen molar-refractivity contribution in [3.63, 3.8) is 0 Å². The van der Waals surface area contributed by atoms with Gasteiger partial charge in [-0.3, -0.25) is 0 Å². The highest BCUT2D eigenvalue weighted by Crippen LogP contribution is 2.19. The molecule has 0 bridgehead atoms. The van der Waals surface area contributed by atoms with Crippen LogP contribution in [0.25, 0.3) is 0 Å². The molecule has 4 nitrogen and oxygen atoms in total. The zero-order chi connectivity index (χ0) is 16.8. The van der Waals surface area contributed by atoms with Gasteiger partial charge in [0, 0.05) is 23.5 Å². The fourth-order valence-corrected chi connectivity index (χ4v) is 5.15. The van der Waals surface area contributed by atoms with Gasteiger partial charge in [0.2, 0.25) is 0 Å². The lowest BCUT2D eigenvalue weighted by molar-refractivity contribution is 0.0153. The normalized spacial score (nSPS) is 12.5. The molecular formula is C17H30O4Si. The van der Waals surface area contributed by atoms with Gasteiger partial charge in [-0.05, 0) is 60.6 Å². The first kappa shape index (κ1) is 19.2. The third kappa shape index (κ3) is 5.72. The number of hydrogen-bond donors (Lipinski definition) is 0. The molecule has 0 unspecified atom stereocenters. The van der Waals surface area contributed by atoms with Crippen LogP contribution in [-0.2, 0) is 13.3 Å². The van der Waals surface area contributed by atoms with E-state index in [-0.39, 0.29) is 18.3 Å². The van der Waals surface area contributed by atoms with Gasteiger partial charge in [0.05, 0.1) is 6.61 Å². The molecule has 1 aromatic rings. The molecule has 0 heterocycles. The van der Waals surface area contributed by atoms with Gasteiger partial charge in [0.15, 0.2) is 0 Å². The highest BCUT2D eigenvalue weighted by Gasteiger charge is 2.46.